The molecule has 0 unspecified atom stereocenters. The second kappa shape index (κ2) is 4.89. The van der Waals surface area contributed by atoms with Crippen LogP contribution in [0.15, 0.2) is 18.2 Å². The second-order valence-electron chi connectivity index (χ2n) is 4.54. The van der Waals surface area contributed by atoms with E-state index in [0.29, 0.717) is 11.4 Å². The topological polar surface area (TPSA) is 84.9 Å². The van der Waals surface area contributed by atoms with Crippen molar-refractivity contribution in [3.8, 4) is 5.75 Å². The molecule has 0 spiro atoms. The van der Waals surface area contributed by atoms with E-state index in [1.807, 2.05) is 13.0 Å². The van der Waals surface area contributed by atoms with Gasteiger partial charge < -0.3 is 19.9 Å². The fourth-order valence-electron chi connectivity index (χ4n) is 1.82. The summed E-state index contributed by atoms with van der Waals surface area (Å²) in [7, 11) is 1.49. The molecule has 1 amide bonds. The Morgan fingerprint density at radius 1 is 1.42 bits per heavy atom. The molecule has 1 aromatic rings. The maximum atomic E-state index is 12.1. The van der Waals surface area contributed by atoms with Gasteiger partial charge in [0.1, 0.15) is 5.75 Å². The molecule has 102 valence electrons. The zero-order chi connectivity index (χ0) is 14.0. The molecule has 0 bridgehead atoms. The number of nitrogens with one attached hydrogen (secondary N) is 1. The van der Waals surface area contributed by atoms with Crippen LogP contribution >= 0.6 is 0 Å². The van der Waals surface area contributed by atoms with Gasteiger partial charge in [0.15, 0.2) is 5.41 Å². The first kappa shape index (κ1) is 13.4. The Balaban J connectivity index is 2.23. The smallest absolute Gasteiger partial charge is 0.324 e. The van der Waals surface area contributed by atoms with Crippen molar-refractivity contribution >= 4 is 17.6 Å². The summed E-state index contributed by atoms with van der Waals surface area (Å²) in [6, 6.07) is 5.29. The first-order chi connectivity index (χ1) is 8.99. The number of aliphatic carboxylic acids is 1. The van der Waals surface area contributed by atoms with Crippen LogP contribution in [0.25, 0.3) is 0 Å². The number of anilines is 1. The van der Waals surface area contributed by atoms with E-state index in [-0.39, 0.29) is 13.2 Å². The summed E-state index contributed by atoms with van der Waals surface area (Å²) in [5.74, 6) is -1.28. The number of carboxylic acid groups (broad SMARTS) is 1. The number of benzene rings is 1. The number of amides is 1. The number of ether oxygens (including phenoxy) is 2. The number of carbonyl (C=O) groups is 2. The summed E-state index contributed by atoms with van der Waals surface area (Å²) in [5, 5.41) is 11.7. The van der Waals surface area contributed by atoms with E-state index >= 15 is 0 Å². The molecule has 1 aromatic carbocycles. The highest BCUT2D eigenvalue weighted by Gasteiger charge is 2.53. The van der Waals surface area contributed by atoms with Crippen LogP contribution in [-0.2, 0) is 14.3 Å². The van der Waals surface area contributed by atoms with Gasteiger partial charge in [-0.15, -0.1) is 0 Å². The van der Waals surface area contributed by atoms with Crippen LogP contribution in [0.3, 0.4) is 0 Å². The fourth-order valence-corrected chi connectivity index (χ4v) is 1.82. The minimum absolute atomic E-state index is 0.109. The lowest BCUT2D eigenvalue weighted by atomic mass is 9.85. The third kappa shape index (κ3) is 2.26. The molecule has 0 aromatic heterocycles. The van der Waals surface area contributed by atoms with Gasteiger partial charge in [-0.3, -0.25) is 9.59 Å². The molecule has 0 saturated carbocycles. The summed E-state index contributed by atoms with van der Waals surface area (Å²) in [6.45, 7) is 1.65. The van der Waals surface area contributed by atoms with Gasteiger partial charge in [0.2, 0.25) is 5.91 Å². The lowest BCUT2D eigenvalue weighted by Gasteiger charge is -2.35. The van der Waals surface area contributed by atoms with Crippen LogP contribution in [0.1, 0.15) is 5.56 Å². The molecule has 1 aliphatic heterocycles. The van der Waals surface area contributed by atoms with Gasteiger partial charge in [0, 0.05) is 0 Å². The molecule has 2 rings (SSSR count). The van der Waals surface area contributed by atoms with Gasteiger partial charge in [0.05, 0.1) is 26.0 Å². The SMILES string of the molecule is COc1ccc(C)cc1NC(=O)C1(C(=O)O)COC1. The van der Waals surface area contributed by atoms with Gasteiger partial charge in [0.25, 0.3) is 0 Å². The van der Waals surface area contributed by atoms with Crippen LogP contribution in [-0.4, -0.2) is 37.3 Å². The lowest BCUT2D eigenvalue weighted by molar-refractivity contribution is -0.182. The molecule has 0 aliphatic carbocycles. The largest absolute Gasteiger partial charge is 0.495 e. The number of hydrogen-bond acceptors (Lipinski definition) is 4. The van der Waals surface area contributed by atoms with Crippen molar-refractivity contribution in [1.82, 2.24) is 0 Å². The van der Waals surface area contributed by atoms with Crippen molar-refractivity contribution in [2.24, 2.45) is 5.41 Å². The number of hydrogen-bond donors (Lipinski definition) is 2. The van der Waals surface area contributed by atoms with Crippen LogP contribution in [0.5, 0.6) is 5.75 Å². The molecule has 1 aliphatic rings. The number of aryl methyl sites for hydroxylation is 1. The Hall–Kier alpha value is -2.08. The highest BCUT2D eigenvalue weighted by atomic mass is 16.5. The van der Waals surface area contributed by atoms with Gasteiger partial charge in [-0.1, -0.05) is 6.07 Å². The van der Waals surface area contributed by atoms with Crippen molar-refractivity contribution < 1.29 is 24.2 Å². The number of carbonyl (C=O) groups excluding carboxylic acids is 1. The third-order valence-corrected chi connectivity index (χ3v) is 3.14. The fraction of sp³-hybridized carbons (Fsp3) is 0.385. The summed E-state index contributed by atoms with van der Waals surface area (Å²) in [4.78, 5) is 23.3. The van der Waals surface area contributed by atoms with E-state index in [0.717, 1.165) is 5.56 Å². The molecule has 19 heavy (non-hydrogen) atoms. The first-order valence-corrected chi connectivity index (χ1v) is 5.77. The Labute approximate surface area is 110 Å². The molecule has 0 atom stereocenters. The molecule has 0 radical (unpaired) electrons. The highest BCUT2D eigenvalue weighted by molar-refractivity contribution is 6.09. The Morgan fingerprint density at radius 3 is 2.58 bits per heavy atom. The predicted octanol–water partition coefficient (Wildman–Crippen LogP) is 1.04. The molecule has 1 heterocycles. The Kier molecular flexibility index (Phi) is 3.44. The Morgan fingerprint density at radius 2 is 2.11 bits per heavy atom. The Bertz CT molecular complexity index is 522. The van der Waals surface area contributed by atoms with Gasteiger partial charge >= 0.3 is 5.97 Å². The third-order valence-electron chi connectivity index (χ3n) is 3.14. The van der Waals surface area contributed by atoms with Crippen molar-refractivity contribution in [1.29, 1.82) is 0 Å². The number of carboxylic acids is 1. The van der Waals surface area contributed by atoms with Crippen molar-refractivity contribution in [3.05, 3.63) is 23.8 Å². The van der Waals surface area contributed by atoms with Crippen molar-refractivity contribution in [2.45, 2.75) is 6.92 Å². The van der Waals surface area contributed by atoms with E-state index in [2.05, 4.69) is 5.32 Å². The highest BCUT2D eigenvalue weighted by Crippen LogP contribution is 2.32. The quantitative estimate of drug-likeness (QED) is 0.795. The van der Waals surface area contributed by atoms with Gasteiger partial charge in [-0.25, -0.2) is 0 Å². The minimum atomic E-state index is -1.49. The number of rotatable bonds is 4. The van der Waals surface area contributed by atoms with E-state index in [1.54, 1.807) is 12.1 Å². The van der Waals surface area contributed by atoms with Crippen molar-refractivity contribution in [2.75, 3.05) is 25.6 Å². The molecule has 6 heteroatoms. The average molecular weight is 265 g/mol. The summed E-state index contributed by atoms with van der Waals surface area (Å²) in [6.07, 6.45) is 0. The van der Waals surface area contributed by atoms with E-state index < -0.39 is 17.3 Å². The zero-order valence-corrected chi connectivity index (χ0v) is 10.7. The van der Waals surface area contributed by atoms with Crippen LogP contribution in [0.2, 0.25) is 0 Å². The zero-order valence-electron chi connectivity index (χ0n) is 10.7. The molecule has 1 fully saturated rings. The normalized spacial score (nSPS) is 16.3. The second-order valence-corrected chi connectivity index (χ2v) is 4.54. The lowest BCUT2D eigenvalue weighted by Crippen LogP contribution is -2.57. The molecule has 6 nitrogen and oxygen atoms in total. The molecule has 2 N–H and O–H groups in total. The molecular formula is C13H15NO5. The minimum Gasteiger partial charge on any atom is -0.495 e. The molecular weight excluding hydrogens is 250 g/mol. The maximum absolute atomic E-state index is 12.1. The van der Waals surface area contributed by atoms with Crippen LogP contribution < -0.4 is 10.1 Å². The predicted molar refractivity (Wildman–Crippen MR) is 67.2 cm³/mol. The summed E-state index contributed by atoms with van der Waals surface area (Å²) >= 11 is 0. The summed E-state index contributed by atoms with van der Waals surface area (Å²) < 4.78 is 10.00. The van der Waals surface area contributed by atoms with Crippen LogP contribution in [0.4, 0.5) is 5.69 Å². The van der Waals surface area contributed by atoms with Gasteiger partial charge in [-0.2, -0.15) is 0 Å². The monoisotopic (exact) mass is 265 g/mol. The molecule has 1 saturated heterocycles. The van der Waals surface area contributed by atoms with E-state index in [1.165, 1.54) is 7.11 Å². The van der Waals surface area contributed by atoms with Gasteiger partial charge in [-0.05, 0) is 24.6 Å². The first-order valence-electron chi connectivity index (χ1n) is 5.77. The average Bonchev–Trinajstić information content (AvgIpc) is 2.27. The number of methoxy groups -OCH3 is 1. The standard InChI is InChI=1S/C13H15NO5/c1-8-3-4-10(18-2)9(5-8)14-11(15)13(12(16)17)6-19-7-13/h3-5H,6-7H2,1-2H3,(H,14,15)(H,16,17). The summed E-state index contributed by atoms with van der Waals surface area (Å²) in [5.41, 5.74) is -0.0975. The van der Waals surface area contributed by atoms with Crippen molar-refractivity contribution in [3.63, 3.8) is 0 Å². The van der Waals surface area contributed by atoms with E-state index in [4.69, 9.17) is 14.6 Å². The maximum Gasteiger partial charge on any atom is 0.324 e. The van der Waals surface area contributed by atoms with Crippen LogP contribution in [0, 0.1) is 12.3 Å². The van der Waals surface area contributed by atoms with E-state index in [9.17, 15) is 9.59 Å².